The lowest BCUT2D eigenvalue weighted by atomic mass is 9.78. The van der Waals surface area contributed by atoms with E-state index in [1.54, 1.807) is 30.3 Å². The predicted molar refractivity (Wildman–Crippen MR) is 117 cm³/mol. The maximum Gasteiger partial charge on any atom is 0.235 e. The van der Waals surface area contributed by atoms with Gasteiger partial charge in [-0.2, -0.15) is 5.26 Å². The van der Waals surface area contributed by atoms with Crippen LogP contribution in [0.25, 0.3) is 0 Å². The first kappa shape index (κ1) is 21.5. The Balaban J connectivity index is 1.86. The van der Waals surface area contributed by atoms with Gasteiger partial charge in [0.05, 0.1) is 17.6 Å². The number of nitrogens with one attached hydrogen (secondary N) is 1. The molecule has 0 heterocycles. The fraction of sp³-hybridized carbons (Fsp3) is 0.391. The standard InChI is InChI=1S/C23H24Cl2N2O2/c1-15(2)14-29-21-8-6-18(11-16(21)13-26)27-22(28)23(9-3-4-10-23)19-7-5-17(24)12-20(19)25/h5-8,11-12,15H,3-4,9-10,14H2,1-2H3,(H,27,28). The van der Waals surface area contributed by atoms with Crippen LogP contribution in [0.1, 0.15) is 50.7 Å². The summed E-state index contributed by atoms with van der Waals surface area (Å²) in [5, 5.41) is 13.5. The average Bonchev–Trinajstić information content (AvgIpc) is 3.17. The maximum absolute atomic E-state index is 13.4. The first-order valence-corrected chi connectivity index (χ1v) is 10.6. The summed E-state index contributed by atoms with van der Waals surface area (Å²) < 4.78 is 5.70. The normalized spacial score (nSPS) is 15.2. The van der Waals surface area contributed by atoms with Gasteiger partial charge in [0.1, 0.15) is 11.8 Å². The molecule has 4 nitrogen and oxygen atoms in total. The zero-order valence-corrected chi connectivity index (χ0v) is 18.1. The van der Waals surface area contributed by atoms with Crippen molar-refractivity contribution in [3.05, 3.63) is 57.6 Å². The summed E-state index contributed by atoms with van der Waals surface area (Å²) >= 11 is 12.5. The molecule has 0 saturated heterocycles. The quantitative estimate of drug-likeness (QED) is 0.580. The molecule has 6 heteroatoms. The molecule has 1 aliphatic carbocycles. The number of amides is 1. The summed E-state index contributed by atoms with van der Waals surface area (Å²) in [4.78, 5) is 13.4. The van der Waals surface area contributed by atoms with Crippen molar-refractivity contribution < 1.29 is 9.53 Å². The number of anilines is 1. The van der Waals surface area contributed by atoms with Crippen LogP contribution in [0.2, 0.25) is 10.0 Å². The SMILES string of the molecule is CC(C)COc1ccc(NC(=O)C2(c3ccc(Cl)cc3Cl)CCCC2)cc1C#N. The second-order valence-electron chi connectivity index (χ2n) is 7.90. The van der Waals surface area contributed by atoms with Gasteiger partial charge in [-0.05, 0) is 54.7 Å². The third kappa shape index (κ3) is 4.69. The number of carbonyl (C=O) groups is 1. The number of nitrogens with zero attached hydrogens (tertiary/aromatic N) is 1. The Morgan fingerprint density at radius 2 is 1.93 bits per heavy atom. The number of nitriles is 1. The highest BCUT2D eigenvalue weighted by molar-refractivity contribution is 6.35. The third-order valence-corrected chi connectivity index (χ3v) is 5.82. The van der Waals surface area contributed by atoms with Gasteiger partial charge in [0.25, 0.3) is 0 Å². The molecule has 0 spiro atoms. The molecule has 29 heavy (non-hydrogen) atoms. The fourth-order valence-electron chi connectivity index (χ4n) is 3.80. The van der Waals surface area contributed by atoms with Crippen LogP contribution in [0.15, 0.2) is 36.4 Å². The van der Waals surface area contributed by atoms with Gasteiger partial charge >= 0.3 is 0 Å². The molecule has 3 rings (SSSR count). The van der Waals surface area contributed by atoms with E-state index in [9.17, 15) is 10.1 Å². The molecule has 2 aromatic rings. The van der Waals surface area contributed by atoms with Crippen LogP contribution in [-0.2, 0) is 10.2 Å². The first-order chi connectivity index (χ1) is 13.9. The van der Waals surface area contributed by atoms with E-state index in [1.807, 2.05) is 19.9 Å². The van der Waals surface area contributed by atoms with Crippen molar-refractivity contribution in [1.29, 1.82) is 5.26 Å². The molecule has 152 valence electrons. The van der Waals surface area contributed by atoms with E-state index < -0.39 is 5.41 Å². The molecular weight excluding hydrogens is 407 g/mol. The van der Waals surface area contributed by atoms with Gasteiger partial charge in [-0.15, -0.1) is 0 Å². The summed E-state index contributed by atoms with van der Waals surface area (Å²) in [7, 11) is 0. The molecule has 2 aromatic carbocycles. The largest absolute Gasteiger partial charge is 0.492 e. The highest BCUT2D eigenvalue weighted by atomic mass is 35.5. The summed E-state index contributed by atoms with van der Waals surface area (Å²) in [6.45, 7) is 4.62. The van der Waals surface area contributed by atoms with Crippen molar-refractivity contribution >= 4 is 34.8 Å². The second-order valence-corrected chi connectivity index (χ2v) is 8.74. The number of halogens is 2. The Bertz CT molecular complexity index is 944. The van der Waals surface area contributed by atoms with Crippen molar-refractivity contribution in [2.45, 2.75) is 44.9 Å². The average molecular weight is 431 g/mol. The number of ether oxygens (including phenoxy) is 1. The second kappa shape index (κ2) is 9.07. The van der Waals surface area contributed by atoms with E-state index >= 15 is 0 Å². The van der Waals surface area contributed by atoms with Crippen LogP contribution in [-0.4, -0.2) is 12.5 Å². The van der Waals surface area contributed by atoms with Gasteiger partial charge in [0.15, 0.2) is 0 Å². The van der Waals surface area contributed by atoms with Crippen LogP contribution in [0.4, 0.5) is 5.69 Å². The number of hydrogen-bond donors (Lipinski definition) is 1. The molecule has 0 atom stereocenters. The van der Waals surface area contributed by atoms with Crippen molar-refractivity contribution in [1.82, 2.24) is 0 Å². The van der Waals surface area contributed by atoms with Gasteiger partial charge in [0.2, 0.25) is 5.91 Å². The van der Waals surface area contributed by atoms with E-state index in [0.29, 0.717) is 39.6 Å². The van der Waals surface area contributed by atoms with Gasteiger partial charge < -0.3 is 10.1 Å². The number of hydrogen-bond acceptors (Lipinski definition) is 3. The fourth-order valence-corrected chi connectivity index (χ4v) is 4.39. The number of rotatable bonds is 6. The topological polar surface area (TPSA) is 62.1 Å². The number of benzene rings is 2. The van der Waals surface area contributed by atoms with Gasteiger partial charge in [0, 0.05) is 15.7 Å². The number of carbonyl (C=O) groups excluding carboxylic acids is 1. The molecule has 1 aliphatic rings. The van der Waals surface area contributed by atoms with Crippen LogP contribution < -0.4 is 10.1 Å². The van der Waals surface area contributed by atoms with E-state index in [2.05, 4.69) is 11.4 Å². The minimum Gasteiger partial charge on any atom is -0.492 e. The molecule has 0 aromatic heterocycles. The van der Waals surface area contributed by atoms with E-state index in [4.69, 9.17) is 27.9 Å². The molecule has 1 N–H and O–H groups in total. The molecule has 1 saturated carbocycles. The maximum atomic E-state index is 13.4. The Hall–Kier alpha value is -2.22. The molecule has 1 amide bonds. The highest BCUT2D eigenvalue weighted by Crippen LogP contribution is 2.45. The van der Waals surface area contributed by atoms with Crippen LogP contribution in [0, 0.1) is 17.2 Å². The highest BCUT2D eigenvalue weighted by Gasteiger charge is 2.44. The monoisotopic (exact) mass is 430 g/mol. The lowest BCUT2D eigenvalue weighted by Crippen LogP contribution is -2.38. The lowest BCUT2D eigenvalue weighted by Gasteiger charge is -2.29. The van der Waals surface area contributed by atoms with Gasteiger partial charge in [-0.3, -0.25) is 4.79 Å². The van der Waals surface area contributed by atoms with Crippen molar-refractivity contribution in [2.24, 2.45) is 5.92 Å². The molecule has 0 radical (unpaired) electrons. The van der Waals surface area contributed by atoms with Crippen LogP contribution in [0.5, 0.6) is 5.75 Å². The summed E-state index contributed by atoms with van der Waals surface area (Å²) in [6.07, 6.45) is 3.36. The van der Waals surface area contributed by atoms with Gasteiger partial charge in [-0.1, -0.05) is 56.0 Å². The Morgan fingerprint density at radius 1 is 1.21 bits per heavy atom. The molecular formula is C23H24Cl2N2O2. The summed E-state index contributed by atoms with van der Waals surface area (Å²) in [6, 6.07) is 12.6. The van der Waals surface area contributed by atoms with E-state index in [0.717, 1.165) is 31.2 Å². The van der Waals surface area contributed by atoms with E-state index in [-0.39, 0.29) is 5.91 Å². The van der Waals surface area contributed by atoms with Crippen LogP contribution >= 0.6 is 23.2 Å². The molecule has 0 bridgehead atoms. The Kier molecular flexibility index (Phi) is 6.72. The zero-order chi connectivity index (χ0) is 21.0. The van der Waals surface area contributed by atoms with E-state index in [1.165, 1.54) is 0 Å². The molecule has 0 unspecified atom stereocenters. The molecule has 1 fully saturated rings. The lowest BCUT2D eigenvalue weighted by molar-refractivity contribution is -0.121. The Morgan fingerprint density at radius 3 is 2.55 bits per heavy atom. The summed E-state index contributed by atoms with van der Waals surface area (Å²) in [5.41, 5.74) is 1.07. The van der Waals surface area contributed by atoms with Crippen molar-refractivity contribution in [3.8, 4) is 11.8 Å². The van der Waals surface area contributed by atoms with Crippen molar-refractivity contribution in [3.63, 3.8) is 0 Å². The third-order valence-electron chi connectivity index (χ3n) is 5.27. The minimum absolute atomic E-state index is 0.112. The molecule has 0 aliphatic heterocycles. The van der Waals surface area contributed by atoms with Gasteiger partial charge in [-0.25, -0.2) is 0 Å². The predicted octanol–water partition coefficient (Wildman–Crippen LogP) is 6.35. The van der Waals surface area contributed by atoms with Crippen molar-refractivity contribution in [2.75, 3.05) is 11.9 Å². The van der Waals surface area contributed by atoms with Crippen LogP contribution in [0.3, 0.4) is 0 Å². The smallest absolute Gasteiger partial charge is 0.235 e. The summed E-state index contributed by atoms with van der Waals surface area (Å²) in [5.74, 6) is 0.766. The Labute approximate surface area is 181 Å². The minimum atomic E-state index is -0.693. The zero-order valence-electron chi connectivity index (χ0n) is 16.6. The first-order valence-electron chi connectivity index (χ1n) is 9.79.